The molecule has 0 aliphatic rings. The largest absolute Gasteiger partial charge is 0.498 e. The zero-order valence-electron chi connectivity index (χ0n) is 15.5. The summed E-state index contributed by atoms with van der Waals surface area (Å²) < 4.78 is 4.98. The van der Waals surface area contributed by atoms with E-state index in [1.165, 1.54) is 64.0 Å². The fourth-order valence-corrected chi connectivity index (χ4v) is 2.33. The maximum absolute atomic E-state index is 9.04. The molecular weight excluding hydrogens is 316 g/mol. The minimum Gasteiger partial charge on any atom is -0.498 e. The summed E-state index contributed by atoms with van der Waals surface area (Å²) >= 11 is 0. The van der Waals surface area contributed by atoms with Gasteiger partial charge >= 0.3 is 0 Å². The molecule has 1 atom stereocenters. The molecule has 0 fully saturated rings. The molecule has 4 nitrogen and oxygen atoms in total. The maximum atomic E-state index is 9.04. The summed E-state index contributed by atoms with van der Waals surface area (Å²) in [5.41, 5.74) is 0. The van der Waals surface area contributed by atoms with Gasteiger partial charge in [0.05, 0.1) is 12.9 Å². The summed E-state index contributed by atoms with van der Waals surface area (Å²) in [5.74, 6) is 5.72. The van der Waals surface area contributed by atoms with Gasteiger partial charge in [0, 0.05) is 12.7 Å². The first-order chi connectivity index (χ1) is 12.3. The van der Waals surface area contributed by atoms with Gasteiger partial charge in [-0.2, -0.15) is 0 Å². The fraction of sp³-hybridized carbons (Fsp3) is 0.714. The predicted octanol–water partition coefficient (Wildman–Crippen LogP) is 3.71. The fourth-order valence-electron chi connectivity index (χ4n) is 2.33. The summed E-state index contributed by atoms with van der Waals surface area (Å²) in [4.78, 5) is 0. The first kappa shape index (κ1) is 23.7. The Kier molecular flexibility index (Phi) is 19.7. The minimum absolute atomic E-state index is 0.0776. The SMILES string of the molecule is OCCCCCCCCCCCCC=CC#CC=COCC(O)CO. The number of allylic oxidation sites excluding steroid dienone is 3. The first-order valence-electron chi connectivity index (χ1n) is 9.63. The van der Waals surface area contributed by atoms with Crippen LogP contribution in [0, 0.1) is 11.8 Å². The van der Waals surface area contributed by atoms with Crippen molar-refractivity contribution in [2.75, 3.05) is 19.8 Å². The Balaban J connectivity index is 3.30. The normalized spacial score (nSPS) is 12.4. The lowest BCUT2D eigenvalue weighted by molar-refractivity contribution is 0.0385. The van der Waals surface area contributed by atoms with E-state index in [9.17, 15) is 0 Å². The number of hydrogen-bond acceptors (Lipinski definition) is 4. The van der Waals surface area contributed by atoms with Crippen LogP contribution in [-0.4, -0.2) is 41.2 Å². The average Bonchev–Trinajstić information content (AvgIpc) is 2.63. The third-order valence-electron chi connectivity index (χ3n) is 3.81. The van der Waals surface area contributed by atoms with Gasteiger partial charge in [0.2, 0.25) is 0 Å². The summed E-state index contributed by atoms with van der Waals surface area (Å²) in [6, 6.07) is 0. The number of ether oxygens (including phenoxy) is 1. The van der Waals surface area contributed by atoms with Crippen LogP contribution in [0.4, 0.5) is 0 Å². The molecule has 25 heavy (non-hydrogen) atoms. The predicted molar refractivity (Wildman–Crippen MR) is 103 cm³/mol. The quantitative estimate of drug-likeness (QED) is 0.225. The lowest BCUT2D eigenvalue weighted by Crippen LogP contribution is -2.17. The van der Waals surface area contributed by atoms with E-state index in [1.807, 2.05) is 6.08 Å². The average molecular weight is 353 g/mol. The second-order valence-corrected chi connectivity index (χ2v) is 6.21. The minimum atomic E-state index is -0.839. The van der Waals surface area contributed by atoms with Gasteiger partial charge in [0.15, 0.2) is 0 Å². The molecular formula is C21H36O4. The van der Waals surface area contributed by atoms with Gasteiger partial charge in [0.25, 0.3) is 0 Å². The van der Waals surface area contributed by atoms with E-state index < -0.39 is 6.10 Å². The molecule has 144 valence electrons. The molecule has 0 aromatic rings. The van der Waals surface area contributed by atoms with Crippen LogP contribution in [0.1, 0.15) is 70.6 Å². The Bertz CT molecular complexity index is 379. The van der Waals surface area contributed by atoms with E-state index in [0.29, 0.717) is 6.61 Å². The third-order valence-corrected chi connectivity index (χ3v) is 3.81. The molecule has 0 amide bonds. The smallest absolute Gasteiger partial charge is 0.115 e. The van der Waals surface area contributed by atoms with E-state index >= 15 is 0 Å². The lowest BCUT2D eigenvalue weighted by Gasteiger charge is -2.04. The molecule has 0 aromatic carbocycles. The van der Waals surface area contributed by atoms with E-state index in [1.54, 1.807) is 6.08 Å². The Morgan fingerprint density at radius 3 is 1.92 bits per heavy atom. The van der Waals surface area contributed by atoms with Crippen LogP contribution in [0.2, 0.25) is 0 Å². The summed E-state index contributed by atoms with van der Waals surface area (Å²) in [6.07, 6.45) is 19.7. The van der Waals surface area contributed by atoms with E-state index in [-0.39, 0.29) is 13.2 Å². The second kappa shape index (κ2) is 20.8. The summed E-state index contributed by atoms with van der Waals surface area (Å²) in [6.45, 7) is 0.115. The van der Waals surface area contributed by atoms with Crippen molar-refractivity contribution in [1.82, 2.24) is 0 Å². The van der Waals surface area contributed by atoms with Crippen molar-refractivity contribution in [1.29, 1.82) is 0 Å². The molecule has 3 N–H and O–H groups in total. The monoisotopic (exact) mass is 352 g/mol. The van der Waals surface area contributed by atoms with Crippen molar-refractivity contribution in [3.05, 3.63) is 24.5 Å². The van der Waals surface area contributed by atoms with Crippen molar-refractivity contribution in [2.45, 2.75) is 76.7 Å². The van der Waals surface area contributed by atoms with Crippen molar-refractivity contribution < 1.29 is 20.1 Å². The second-order valence-electron chi connectivity index (χ2n) is 6.21. The standard InChI is InChI=1S/C21H36O4/c22-17-15-13-11-9-7-5-3-1-2-4-6-8-10-12-14-16-18-25-20-21(24)19-23/h8,10,16,18,21-24H,1-7,9,11,13,15,17,19-20H2. The highest BCUT2D eigenvalue weighted by Gasteiger charge is 1.98. The molecule has 0 spiro atoms. The van der Waals surface area contributed by atoms with Gasteiger partial charge in [-0.1, -0.05) is 69.3 Å². The molecule has 0 radical (unpaired) electrons. The number of hydrogen-bond donors (Lipinski definition) is 3. The highest BCUT2D eigenvalue weighted by Crippen LogP contribution is 2.11. The van der Waals surface area contributed by atoms with Crippen LogP contribution in [0.15, 0.2) is 24.5 Å². The molecule has 4 heteroatoms. The van der Waals surface area contributed by atoms with Crippen LogP contribution in [0.3, 0.4) is 0 Å². The van der Waals surface area contributed by atoms with Gasteiger partial charge < -0.3 is 20.1 Å². The topological polar surface area (TPSA) is 69.9 Å². The zero-order valence-corrected chi connectivity index (χ0v) is 15.5. The van der Waals surface area contributed by atoms with E-state index in [4.69, 9.17) is 20.1 Å². The first-order valence-corrected chi connectivity index (χ1v) is 9.63. The van der Waals surface area contributed by atoms with Crippen LogP contribution in [0.5, 0.6) is 0 Å². The Labute approximate surface area is 153 Å². The molecule has 0 aliphatic carbocycles. The number of aliphatic hydroxyl groups excluding tert-OH is 3. The van der Waals surface area contributed by atoms with Crippen LogP contribution < -0.4 is 0 Å². The van der Waals surface area contributed by atoms with E-state index in [0.717, 1.165) is 12.8 Å². The number of aliphatic hydroxyl groups is 3. The number of unbranched alkanes of at least 4 members (excludes halogenated alkanes) is 10. The van der Waals surface area contributed by atoms with Gasteiger partial charge in [-0.15, -0.1) is 0 Å². The van der Waals surface area contributed by atoms with Crippen LogP contribution in [-0.2, 0) is 4.74 Å². The molecule has 0 heterocycles. The lowest BCUT2D eigenvalue weighted by atomic mass is 10.1. The molecule has 0 aliphatic heterocycles. The maximum Gasteiger partial charge on any atom is 0.115 e. The Morgan fingerprint density at radius 2 is 1.32 bits per heavy atom. The summed E-state index contributed by atoms with van der Waals surface area (Å²) in [5, 5.41) is 26.3. The number of rotatable bonds is 16. The van der Waals surface area contributed by atoms with E-state index in [2.05, 4.69) is 17.9 Å². The van der Waals surface area contributed by atoms with Gasteiger partial charge in [0.1, 0.15) is 12.7 Å². The molecule has 0 saturated heterocycles. The highest BCUT2D eigenvalue weighted by atomic mass is 16.5. The van der Waals surface area contributed by atoms with Gasteiger partial charge in [-0.05, 0) is 25.3 Å². The third kappa shape index (κ3) is 20.7. The Morgan fingerprint density at radius 1 is 0.760 bits per heavy atom. The zero-order chi connectivity index (χ0) is 18.4. The molecule has 0 saturated carbocycles. The van der Waals surface area contributed by atoms with Gasteiger partial charge in [-0.3, -0.25) is 0 Å². The van der Waals surface area contributed by atoms with Crippen LogP contribution >= 0.6 is 0 Å². The van der Waals surface area contributed by atoms with Gasteiger partial charge in [-0.25, -0.2) is 0 Å². The molecule has 0 rings (SSSR count). The van der Waals surface area contributed by atoms with Crippen molar-refractivity contribution in [2.24, 2.45) is 0 Å². The molecule has 1 unspecified atom stereocenters. The highest BCUT2D eigenvalue weighted by molar-refractivity contribution is 5.22. The molecule has 0 aromatic heterocycles. The van der Waals surface area contributed by atoms with Crippen molar-refractivity contribution in [3.8, 4) is 11.8 Å². The summed E-state index contributed by atoms with van der Waals surface area (Å²) in [7, 11) is 0. The Hall–Kier alpha value is -1.28. The van der Waals surface area contributed by atoms with Crippen molar-refractivity contribution in [3.63, 3.8) is 0 Å². The van der Waals surface area contributed by atoms with Crippen LogP contribution in [0.25, 0.3) is 0 Å². The molecule has 0 bridgehead atoms. The van der Waals surface area contributed by atoms with Crippen molar-refractivity contribution >= 4 is 0 Å².